The zero-order valence-electron chi connectivity index (χ0n) is 10.4. The van der Waals surface area contributed by atoms with E-state index in [0.29, 0.717) is 19.5 Å². The fourth-order valence-electron chi connectivity index (χ4n) is 1.49. The van der Waals surface area contributed by atoms with E-state index in [4.69, 9.17) is 5.11 Å². The molecule has 0 aromatic carbocycles. The number of rotatable bonds is 8. The van der Waals surface area contributed by atoms with Crippen LogP contribution in [0, 0.1) is 0 Å². The average molecular weight is 230 g/mol. The largest absolute Gasteiger partial charge is 0.481 e. The van der Waals surface area contributed by atoms with Gasteiger partial charge in [-0.05, 0) is 33.9 Å². The molecule has 0 bridgehead atoms. The quantitative estimate of drug-likeness (QED) is 0.665. The SMILES string of the molecule is CCN(CC)C(=O)CN(C)CCCC(=O)O. The maximum atomic E-state index is 11.7. The second-order valence-electron chi connectivity index (χ2n) is 3.80. The van der Waals surface area contributed by atoms with Crippen molar-refractivity contribution in [2.45, 2.75) is 26.7 Å². The number of amides is 1. The van der Waals surface area contributed by atoms with Gasteiger partial charge in [-0.25, -0.2) is 0 Å². The van der Waals surface area contributed by atoms with Gasteiger partial charge in [-0.15, -0.1) is 0 Å². The van der Waals surface area contributed by atoms with Gasteiger partial charge in [0.15, 0.2) is 0 Å². The van der Waals surface area contributed by atoms with Crippen LogP contribution in [-0.4, -0.2) is 60.0 Å². The Balaban J connectivity index is 3.81. The Kier molecular flexibility index (Phi) is 7.54. The highest BCUT2D eigenvalue weighted by molar-refractivity contribution is 5.78. The van der Waals surface area contributed by atoms with E-state index < -0.39 is 5.97 Å². The third kappa shape index (κ3) is 6.40. The number of carboxylic acid groups (broad SMARTS) is 1. The Hall–Kier alpha value is -1.10. The van der Waals surface area contributed by atoms with E-state index in [9.17, 15) is 9.59 Å². The van der Waals surface area contributed by atoms with Crippen molar-refractivity contribution >= 4 is 11.9 Å². The van der Waals surface area contributed by atoms with Crippen LogP contribution in [0.4, 0.5) is 0 Å². The summed E-state index contributed by atoms with van der Waals surface area (Å²) in [6.45, 7) is 6.34. The first-order valence-electron chi connectivity index (χ1n) is 5.69. The van der Waals surface area contributed by atoms with Crippen molar-refractivity contribution in [3.8, 4) is 0 Å². The Morgan fingerprint density at radius 2 is 1.75 bits per heavy atom. The molecule has 5 heteroatoms. The smallest absolute Gasteiger partial charge is 0.303 e. The van der Waals surface area contributed by atoms with Crippen LogP contribution >= 0.6 is 0 Å². The number of nitrogens with zero attached hydrogens (tertiary/aromatic N) is 2. The van der Waals surface area contributed by atoms with E-state index in [0.717, 1.165) is 13.1 Å². The first-order chi connectivity index (χ1) is 7.51. The van der Waals surface area contributed by atoms with Crippen molar-refractivity contribution in [3.05, 3.63) is 0 Å². The maximum absolute atomic E-state index is 11.7. The highest BCUT2D eigenvalue weighted by atomic mass is 16.4. The van der Waals surface area contributed by atoms with Crippen molar-refractivity contribution in [3.63, 3.8) is 0 Å². The van der Waals surface area contributed by atoms with Gasteiger partial charge in [-0.1, -0.05) is 0 Å². The Labute approximate surface area is 97.0 Å². The summed E-state index contributed by atoms with van der Waals surface area (Å²) in [4.78, 5) is 25.6. The summed E-state index contributed by atoms with van der Waals surface area (Å²) < 4.78 is 0. The molecule has 0 saturated heterocycles. The summed E-state index contributed by atoms with van der Waals surface area (Å²) in [5.74, 6) is -0.689. The van der Waals surface area contributed by atoms with Crippen molar-refractivity contribution in [1.29, 1.82) is 0 Å². The summed E-state index contributed by atoms with van der Waals surface area (Å²) in [6, 6.07) is 0. The highest BCUT2D eigenvalue weighted by Crippen LogP contribution is 1.96. The summed E-state index contributed by atoms with van der Waals surface area (Å²) in [5, 5.41) is 8.48. The third-order valence-corrected chi connectivity index (χ3v) is 2.45. The molecule has 16 heavy (non-hydrogen) atoms. The van der Waals surface area contributed by atoms with E-state index in [2.05, 4.69) is 0 Å². The normalized spacial score (nSPS) is 10.5. The van der Waals surface area contributed by atoms with Gasteiger partial charge < -0.3 is 10.0 Å². The first kappa shape index (κ1) is 14.9. The maximum Gasteiger partial charge on any atom is 0.303 e. The van der Waals surface area contributed by atoms with E-state index >= 15 is 0 Å². The van der Waals surface area contributed by atoms with E-state index in [-0.39, 0.29) is 12.3 Å². The lowest BCUT2D eigenvalue weighted by Crippen LogP contribution is -2.39. The van der Waals surface area contributed by atoms with Crippen molar-refractivity contribution in [2.24, 2.45) is 0 Å². The van der Waals surface area contributed by atoms with Gasteiger partial charge in [-0.2, -0.15) is 0 Å². The lowest BCUT2D eigenvalue weighted by atomic mass is 10.3. The zero-order chi connectivity index (χ0) is 12.6. The van der Waals surface area contributed by atoms with Gasteiger partial charge in [0.25, 0.3) is 0 Å². The number of carbonyl (C=O) groups is 2. The predicted molar refractivity (Wildman–Crippen MR) is 62.3 cm³/mol. The average Bonchev–Trinajstić information content (AvgIpc) is 2.18. The molecule has 0 spiro atoms. The Morgan fingerprint density at radius 3 is 2.19 bits per heavy atom. The minimum Gasteiger partial charge on any atom is -0.481 e. The van der Waals surface area contributed by atoms with Crippen LogP contribution < -0.4 is 0 Å². The molecule has 0 aliphatic rings. The lowest BCUT2D eigenvalue weighted by Gasteiger charge is -2.22. The predicted octanol–water partition coefficient (Wildman–Crippen LogP) is 0.651. The Bertz CT molecular complexity index is 227. The van der Waals surface area contributed by atoms with Crippen molar-refractivity contribution in [1.82, 2.24) is 9.80 Å². The van der Waals surface area contributed by atoms with Gasteiger partial charge in [0.05, 0.1) is 6.54 Å². The molecule has 0 atom stereocenters. The van der Waals surface area contributed by atoms with Crippen LogP contribution in [-0.2, 0) is 9.59 Å². The second-order valence-corrected chi connectivity index (χ2v) is 3.80. The van der Waals surface area contributed by atoms with Gasteiger partial charge in [-0.3, -0.25) is 14.5 Å². The highest BCUT2D eigenvalue weighted by Gasteiger charge is 2.12. The molecule has 0 unspecified atom stereocenters. The molecular weight excluding hydrogens is 208 g/mol. The molecule has 0 rings (SSSR count). The molecule has 0 saturated carbocycles. The first-order valence-corrected chi connectivity index (χ1v) is 5.69. The Morgan fingerprint density at radius 1 is 1.19 bits per heavy atom. The number of likely N-dealkylation sites (N-methyl/N-ethyl adjacent to an activating group) is 2. The fraction of sp³-hybridized carbons (Fsp3) is 0.818. The number of hydrogen-bond acceptors (Lipinski definition) is 3. The summed E-state index contributed by atoms with van der Waals surface area (Å²) in [7, 11) is 1.84. The fourth-order valence-corrected chi connectivity index (χ4v) is 1.49. The molecule has 0 heterocycles. The molecule has 5 nitrogen and oxygen atoms in total. The van der Waals surface area contributed by atoms with Crippen LogP contribution in [0.2, 0.25) is 0 Å². The molecule has 1 amide bonds. The summed E-state index contributed by atoms with van der Waals surface area (Å²) in [6.07, 6.45) is 0.737. The standard InChI is InChI=1S/C11H22N2O3/c1-4-13(5-2)10(14)9-12(3)8-6-7-11(15)16/h4-9H2,1-3H3,(H,15,16). The molecule has 94 valence electrons. The molecule has 0 fully saturated rings. The van der Waals surface area contributed by atoms with Gasteiger partial charge in [0.2, 0.25) is 5.91 Å². The molecular formula is C11H22N2O3. The van der Waals surface area contributed by atoms with Gasteiger partial charge >= 0.3 is 5.97 Å². The van der Waals surface area contributed by atoms with Crippen LogP contribution in [0.3, 0.4) is 0 Å². The number of hydrogen-bond donors (Lipinski definition) is 1. The third-order valence-electron chi connectivity index (χ3n) is 2.45. The van der Waals surface area contributed by atoms with Gasteiger partial charge in [0.1, 0.15) is 0 Å². The van der Waals surface area contributed by atoms with Crippen molar-refractivity contribution < 1.29 is 14.7 Å². The number of aliphatic carboxylic acids is 1. The lowest BCUT2D eigenvalue weighted by molar-refractivity contribution is -0.137. The minimum atomic E-state index is -0.788. The topological polar surface area (TPSA) is 60.9 Å². The van der Waals surface area contributed by atoms with Gasteiger partial charge in [0, 0.05) is 19.5 Å². The monoisotopic (exact) mass is 230 g/mol. The number of carboxylic acids is 1. The molecule has 0 aromatic rings. The molecule has 1 N–H and O–H groups in total. The zero-order valence-corrected chi connectivity index (χ0v) is 10.4. The molecule has 0 radical (unpaired) electrons. The van der Waals surface area contributed by atoms with Crippen LogP contribution in [0.5, 0.6) is 0 Å². The van der Waals surface area contributed by atoms with E-state index in [1.165, 1.54) is 0 Å². The molecule has 0 aromatic heterocycles. The van der Waals surface area contributed by atoms with E-state index in [1.807, 2.05) is 25.8 Å². The summed E-state index contributed by atoms with van der Waals surface area (Å²) in [5.41, 5.74) is 0. The van der Waals surface area contributed by atoms with Crippen molar-refractivity contribution in [2.75, 3.05) is 33.2 Å². The summed E-state index contributed by atoms with van der Waals surface area (Å²) >= 11 is 0. The van der Waals surface area contributed by atoms with Crippen LogP contribution in [0.15, 0.2) is 0 Å². The molecule has 0 aliphatic heterocycles. The van der Waals surface area contributed by atoms with E-state index in [1.54, 1.807) is 4.90 Å². The van der Waals surface area contributed by atoms with Crippen LogP contribution in [0.1, 0.15) is 26.7 Å². The number of carbonyl (C=O) groups excluding carboxylic acids is 1. The second kappa shape index (κ2) is 8.10. The minimum absolute atomic E-state index is 0.0998. The molecule has 0 aliphatic carbocycles. The van der Waals surface area contributed by atoms with Crippen LogP contribution in [0.25, 0.3) is 0 Å².